The van der Waals surface area contributed by atoms with Crippen molar-refractivity contribution < 1.29 is 4.79 Å². The summed E-state index contributed by atoms with van der Waals surface area (Å²) in [6, 6.07) is 39.6. The summed E-state index contributed by atoms with van der Waals surface area (Å²) < 4.78 is 2.39. The molecule has 1 heterocycles. The Hall–Kier alpha value is -4.15. The standard InChI is InChI=1S/C35H32ClN3O/c36-31-19-16-26(17-20-31)23-34(40)37-24-27-18-21-32-33(22-27)39(25-38-32)35(28-10-4-1-5-11-28,29-12-6-2-7-13-29)30-14-8-3-9-15-30/h1-17,19-20,25,27H,18,21-24H2,(H,37,40). The van der Waals surface area contributed by atoms with Gasteiger partial charge in [-0.05, 0) is 59.6 Å². The summed E-state index contributed by atoms with van der Waals surface area (Å²) in [6.45, 7) is 0.645. The Kier molecular flexibility index (Phi) is 7.52. The molecule has 1 amide bonds. The molecular formula is C35H32ClN3O. The van der Waals surface area contributed by atoms with Crippen LogP contribution in [-0.2, 0) is 29.6 Å². The highest BCUT2D eigenvalue weighted by atomic mass is 35.5. The molecule has 4 aromatic carbocycles. The minimum absolute atomic E-state index is 0.0360. The number of halogens is 1. The van der Waals surface area contributed by atoms with Gasteiger partial charge in [-0.15, -0.1) is 0 Å². The molecule has 1 atom stereocenters. The van der Waals surface area contributed by atoms with E-state index >= 15 is 0 Å². The molecule has 0 saturated heterocycles. The number of hydrogen-bond donors (Lipinski definition) is 1. The van der Waals surface area contributed by atoms with E-state index < -0.39 is 5.54 Å². The number of carbonyl (C=O) groups excluding carboxylic acids is 1. The van der Waals surface area contributed by atoms with E-state index in [-0.39, 0.29) is 5.91 Å². The average Bonchev–Trinajstić information content (AvgIpc) is 3.43. The highest BCUT2D eigenvalue weighted by Gasteiger charge is 2.41. The van der Waals surface area contributed by atoms with Crippen molar-refractivity contribution in [2.75, 3.05) is 6.54 Å². The van der Waals surface area contributed by atoms with Crippen molar-refractivity contribution in [3.63, 3.8) is 0 Å². The van der Waals surface area contributed by atoms with E-state index in [1.54, 1.807) is 0 Å². The van der Waals surface area contributed by atoms with Crippen molar-refractivity contribution in [3.8, 4) is 0 Å². The molecule has 0 spiro atoms. The lowest BCUT2D eigenvalue weighted by Gasteiger charge is -2.39. The van der Waals surface area contributed by atoms with Gasteiger partial charge in [0.1, 0.15) is 5.54 Å². The first kappa shape index (κ1) is 26.1. The highest BCUT2D eigenvalue weighted by molar-refractivity contribution is 6.30. The van der Waals surface area contributed by atoms with Crippen LogP contribution in [0.15, 0.2) is 122 Å². The van der Waals surface area contributed by atoms with Crippen LogP contribution in [0.5, 0.6) is 0 Å². The molecule has 1 unspecified atom stereocenters. The molecule has 0 aliphatic heterocycles. The molecular weight excluding hydrogens is 514 g/mol. The average molecular weight is 546 g/mol. The smallest absolute Gasteiger partial charge is 0.224 e. The molecule has 5 heteroatoms. The molecule has 200 valence electrons. The van der Waals surface area contributed by atoms with E-state index in [1.165, 1.54) is 22.4 Å². The van der Waals surface area contributed by atoms with Gasteiger partial charge in [-0.25, -0.2) is 4.98 Å². The molecule has 1 aliphatic carbocycles. The number of nitrogens with one attached hydrogen (secondary N) is 1. The molecule has 5 aromatic rings. The summed E-state index contributed by atoms with van der Waals surface area (Å²) in [4.78, 5) is 17.7. The van der Waals surface area contributed by atoms with E-state index in [1.807, 2.05) is 30.6 Å². The molecule has 0 radical (unpaired) electrons. The molecule has 1 N–H and O–H groups in total. The Labute approximate surface area is 240 Å². The largest absolute Gasteiger partial charge is 0.356 e. The monoisotopic (exact) mass is 545 g/mol. The van der Waals surface area contributed by atoms with Gasteiger partial charge < -0.3 is 9.88 Å². The normalized spacial score (nSPS) is 14.9. The molecule has 0 bridgehead atoms. The van der Waals surface area contributed by atoms with Crippen molar-refractivity contribution in [3.05, 3.63) is 160 Å². The van der Waals surface area contributed by atoms with Crippen LogP contribution in [0, 0.1) is 5.92 Å². The predicted molar refractivity (Wildman–Crippen MR) is 161 cm³/mol. The fraction of sp³-hybridized carbons (Fsp3) is 0.200. The lowest BCUT2D eigenvalue weighted by molar-refractivity contribution is -0.120. The molecule has 0 fully saturated rings. The van der Waals surface area contributed by atoms with Crippen LogP contribution in [0.4, 0.5) is 0 Å². The second-order valence-corrected chi connectivity index (χ2v) is 11.0. The number of aromatic nitrogens is 2. The van der Waals surface area contributed by atoms with Crippen molar-refractivity contribution in [2.24, 2.45) is 5.92 Å². The zero-order chi connectivity index (χ0) is 27.4. The predicted octanol–water partition coefficient (Wildman–Crippen LogP) is 6.84. The van der Waals surface area contributed by atoms with Gasteiger partial charge in [-0.3, -0.25) is 4.79 Å². The van der Waals surface area contributed by atoms with Crippen molar-refractivity contribution in [2.45, 2.75) is 31.2 Å². The number of imidazole rings is 1. The van der Waals surface area contributed by atoms with Crippen LogP contribution in [0.2, 0.25) is 5.02 Å². The van der Waals surface area contributed by atoms with E-state index in [9.17, 15) is 4.79 Å². The van der Waals surface area contributed by atoms with E-state index in [2.05, 4.69) is 101 Å². The molecule has 0 saturated carbocycles. The van der Waals surface area contributed by atoms with Crippen LogP contribution in [0.3, 0.4) is 0 Å². The van der Waals surface area contributed by atoms with Gasteiger partial charge in [0.05, 0.1) is 18.4 Å². The van der Waals surface area contributed by atoms with Gasteiger partial charge in [0, 0.05) is 17.3 Å². The number of hydrogen-bond acceptors (Lipinski definition) is 2. The van der Waals surface area contributed by atoms with Crippen LogP contribution in [-0.4, -0.2) is 22.0 Å². The number of fused-ring (bicyclic) bond motifs is 1. The highest BCUT2D eigenvalue weighted by Crippen LogP contribution is 2.43. The third kappa shape index (κ3) is 5.07. The zero-order valence-corrected chi connectivity index (χ0v) is 23.1. The van der Waals surface area contributed by atoms with Gasteiger partial charge in [0.25, 0.3) is 0 Å². The number of carbonyl (C=O) groups is 1. The van der Waals surface area contributed by atoms with Crippen LogP contribution >= 0.6 is 11.6 Å². The second-order valence-electron chi connectivity index (χ2n) is 10.5. The first-order valence-electron chi connectivity index (χ1n) is 13.9. The van der Waals surface area contributed by atoms with Crippen LogP contribution < -0.4 is 5.32 Å². The maximum atomic E-state index is 12.8. The third-order valence-electron chi connectivity index (χ3n) is 8.03. The topological polar surface area (TPSA) is 46.9 Å². The maximum absolute atomic E-state index is 12.8. The summed E-state index contributed by atoms with van der Waals surface area (Å²) in [5.41, 5.74) is 6.33. The number of nitrogens with zero attached hydrogens (tertiary/aromatic N) is 2. The first-order chi connectivity index (χ1) is 19.6. The second kappa shape index (κ2) is 11.5. The molecule has 1 aromatic heterocycles. The van der Waals surface area contributed by atoms with E-state index in [4.69, 9.17) is 16.6 Å². The lowest BCUT2D eigenvalue weighted by Crippen LogP contribution is -2.40. The van der Waals surface area contributed by atoms with Crippen LogP contribution in [0.1, 0.15) is 40.1 Å². The van der Waals surface area contributed by atoms with E-state index in [0.29, 0.717) is 23.9 Å². The minimum Gasteiger partial charge on any atom is -0.356 e. The SMILES string of the molecule is O=C(Cc1ccc(Cl)cc1)NCC1CCc2ncn(C(c3ccccc3)(c3ccccc3)c3ccccc3)c2C1. The lowest BCUT2D eigenvalue weighted by atomic mass is 9.76. The number of rotatable bonds is 8. The first-order valence-corrected chi connectivity index (χ1v) is 14.3. The summed E-state index contributed by atoms with van der Waals surface area (Å²) >= 11 is 6.00. The van der Waals surface area contributed by atoms with Crippen LogP contribution in [0.25, 0.3) is 0 Å². The quantitative estimate of drug-likeness (QED) is 0.217. The summed E-state index contributed by atoms with van der Waals surface area (Å²) in [5.74, 6) is 0.367. The summed E-state index contributed by atoms with van der Waals surface area (Å²) in [5, 5.41) is 3.87. The Morgan fingerprint density at radius 3 is 1.93 bits per heavy atom. The molecule has 1 aliphatic rings. The zero-order valence-electron chi connectivity index (χ0n) is 22.3. The fourth-order valence-corrected chi connectivity index (χ4v) is 6.20. The number of amides is 1. The maximum Gasteiger partial charge on any atom is 0.224 e. The summed E-state index contributed by atoms with van der Waals surface area (Å²) in [7, 11) is 0. The Balaban J connectivity index is 1.34. The number of benzene rings is 4. The molecule has 6 rings (SSSR count). The Morgan fingerprint density at radius 2 is 1.38 bits per heavy atom. The summed E-state index contributed by atoms with van der Waals surface area (Å²) in [6.07, 6.45) is 5.13. The Bertz CT molecular complexity index is 1470. The third-order valence-corrected chi connectivity index (χ3v) is 8.28. The van der Waals surface area contributed by atoms with Gasteiger partial charge >= 0.3 is 0 Å². The Morgan fingerprint density at radius 1 is 0.825 bits per heavy atom. The molecule has 4 nitrogen and oxygen atoms in total. The van der Waals surface area contributed by atoms with Gasteiger partial charge in [0.15, 0.2) is 0 Å². The molecule has 40 heavy (non-hydrogen) atoms. The van der Waals surface area contributed by atoms with Gasteiger partial charge in [-0.2, -0.15) is 0 Å². The van der Waals surface area contributed by atoms with E-state index in [0.717, 1.165) is 30.5 Å². The van der Waals surface area contributed by atoms with Gasteiger partial charge in [0.2, 0.25) is 5.91 Å². The van der Waals surface area contributed by atoms with Crippen molar-refractivity contribution in [1.29, 1.82) is 0 Å². The fourth-order valence-electron chi connectivity index (χ4n) is 6.08. The minimum atomic E-state index is -0.579. The van der Waals surface area contributed by atoms with Crippen molar-refractivity contribution in [1.82, 2.24) is 14.9 Å². The van der Waals surface area contributed by atoms with Crippen molar-refractivity contribution >= 4 is 17.5 Å². The number of aryl methyl sites for hydroxylation is 1. The van der Waals surface area contributed by atoms with Gasteiger partial charge in [-0.1, -0.05) is 115 Å².